The fraction of sp³-hybridized carbons (Fsp3) is 0.167. The molecular formula is C12H10Cl3N3OS. The van der Waals surface area contributed by atoms with Gasteiger partial charge in [0.15, 0.2) is 5.13 Å². The molecular weight excluding hydrogens is 341 g/mol. The van der Waals surface area contributed by atoms with Crippen molar-refractivity contribution >= 4 is 57.2 Å². The predicted molar refractivity (Wildman–Crippen MR) is 83.7 cm³/mol. The second-order valence-corrected chi connectivity index (χ2v) is 7.06. The smallest absolute Gasteiger partial charge is 0.252 e. The molecule has 0 saturated heterocycles. The number of anilines is 1. The Kier molecular flexibility index (Phi) is 5.10. The van der Waals surface area contributed by atoms with Crippen LogP contribution in [-0.2, 0) is 0 Å². The van der Waals surface area contributed by atoms with Gasteiger partial charge in [0.1, 0.15) is 6.17 Å². The Morgan fingerprint density at radius 3 is 2.50 bits per heavy atom. The Morgan fingerprint density at radius 1 is 1.25 bits per heavy atom. The summed E-state index contributed by atoms with van der Waals surface area (Å²) >= 11 is 19.0. The standard InChI is InChI=1S/C12H10Cl3N3OS/c13-12(14,15)10(18-11-16-6-7-20-11)17-9(19)8-4-2-1-3-5-8/h1-7,10H,(H,16,18)(H,17,19)/t10-/m1/s1. The molecule has 0 aliphatic heterocycles. The third kappa shape index (κ3) is 4.24. The van der Waals surface area contributed by atoms with Crippen molar-refractivity contribution in [3.05, 3.63) is 47.5 Å². The minimum Gasteiger partial charge on any atom is -0.338 e. The number of hydrogen-bond donors (Lipinski definition) is 2. The van der Waals surface area contributed by atoms with Gasteiger partial charge in [-0.05, 0) is 12.1 Å². The van der Waals surface area contributed by atoms with Gasteiger partial charge in [-0.3, -0.25) is 4.79 Å². The van der Waals surface area contributed by atoms with Crippen molar-refractivity contribution in [2.75, 3.05) is 5.32 Å². The number of aromatic nitrogens is 1. The van der Waals surface area contributed by atoms with Gasteiger partial charge in [-0.15, -0.1) is 11.3 Å². The zero-order valence-corrected chi connectivity index (χ0v) is 13.1. The first-order valence-electron chi connectivity index (χ1n) is 5.55. The third-order valence-corrected chi connectivity index (χ3v) is 3.70. The summed E-state index contributed by atoms with van der Waals surface area (Å²) in [6, 6.07) is 8.68. The highest BCUT2D eigenvalue weighted by atomic mass is 35.6. The SMILES string of the molecule is O=C(N[C@H](Nc1nccs1)C(Cl)(Cl)Cl)c1ccccc1. The maximum Gasteiger partial charge on any atom is 0.252 e. The second-order valence-electron chi connectivity index (χ2n) is 3.80. The molecule has 1 aromatic heterocycles. The highest BCUT2D eigenvalue weighted by molar-refractivity contribution is 7.13. The first-order valence-corrected chi connectivity index (χ1v) is 7.57. The lowest BCUT2D eigenvalue weighted by atomic mass is 10.2. The fourth-order valence-corrected chi connectivity index (χ4v) is 2.31. The molecule has 2 N–H and O–H groups in total. The third-order valence-electron chi connectivity index (χ3n) is 2.34. The van der Waals surface area contributed by atoms with Crippen LogP contribution in [-0.4, -0.2) is 20.8 Å². The number of carbonyl (C=O) groups is 1. The van der Waals surface area contributed by atoms with Crippen LogP contribution >= 0.6 is 46.1 Å². The molecule has 2 aromatic rings. The van der Waals surface area contributed by atoms with Crippen LogP contribution in [0.3, 0.4) is 0 Å². The predicted octanol–water partition coefficient (Wildman–Crippen LogP) is 3.68. The number of rotatable bonds is 4. The highest BCUT2D eigenvalue weighted by Gasteiger charge is 2.34. The summed E-state index contributed by atoms with van der Waals surface area (Å²) in [6.45, 7) is 0. The summed E-state index contributed by atoms with van der Waals surface area (Å²) in [6.07, 6.45) is 0.716. The van der Waals surface area contributed by atoms with E-state index in [0.29, 0.717) is 10.7 Å². The van der Waals surface area contributed by atoms with E-state index in [1.165, 1.54) is 11.3 Å². The van der Waals surface area contributed by atoms with Crippen molar-refractivity contribution < 1.29 is 4.79 Å². The van der Waals surface area contributed by atoms with Gasteiger partial charge in [0.05, 0.1) is 0 Å². The van der Waals surface area contributed by atoms with Gasteiger partial charge < -0.3 is 10.6 Å². The maximum atomic E-state index is 12.1. The van der Waals surface area contributed by atoms with E-state index in [-0.39, 0.29) is 5.91 Å². The minimum atomic E-state index is -1.71. The number of amides is 1. The normalized spacial score (nSPS) is 12.8. The lowest BCUT2D eigenvalue weighted by molar-refractivity contribution is 0.0942. The lowest BCUT2D eigenvalue weighted by Gasteiger charge is -2.26. The number of nitrogens with zero attached hydrogens (tertiary/aromatic N) is 1. The van der Waals surface area contributed by atoms with E-state index in [2.05, 4.69) is 15.6 Å². The number of halogens is 3. The summed E-state index contributed by atoms with van der Waals surface area (Å²) in [5.41, 5.74) is 0.479. The number of benzene rings is 1. The molecule has 0 aliphatic rings. The topological polar surface area (TPSA) is 54.0 Å². The first kappa shape index (κ1) is 15.4. The van der Waals surface area contributed by atoms with Crippen molar-refractivity contribution in [1.29, 1.82) is 0 Å². The first-order chi connectivity index (χ1) is 9.47. The molecule has 4 nitrogen and oxygen atoms in total. The molecule has 20 heavy (non-hydrogen) atoms. The molecule has 0 saturated carbocycles. The van der Waals surface area contributed by atoms with E-state index in [9.17, 15) is 4.79 Å². The van der Waals surface area contributed by atoms with Gasteiger partial charge in [0.25, 0.3) is 5.91 Å². The quantitative estimate of drug-likeness (QED) is 0.653. The fourth-order valence-electron chi connectivity index (χ4n) is 1.42. The van der Waals surface area contributed by atoms with Crippen molar-refractivity contribution in [2.24, 2.45) is 0 Å². The molecule has 1 atom stereocenters. The van der Waals surface area contributed by atoms with Crippen LogP contribution in [0.5, 0.6) is 0 Å². The van der Waals surface area contributed by atoms with E-state index in [4.69, 9.17) is 34.8 Å². The number of thiazole rings is 1. The largest absolute Gasteiger partial charge is 0.338 e. The van der Waals surface area contributed by atoms with Crippen molar-refractivity contribution in [3.63, 3.8) is 0 Å². The molecule has 0 spiro atoms. The Hall–Kier alpha value is -1.01. The molecule has 106 valence electrons. The number of alkyl halides is 3. The average Bonchev–Trinajstić information content (AvgIpc) is 2.91. The van der Waals surface area contributed by atoms with Crippen LogP contribution in [0.4, 0.5) is 5.13 Å². The van der Waals surface area contributed by atoms with Crippen LogP contribution in [0.25, 0.3) is 0 Å². The summed E-state index contributed by atoms with van der Waals surface area (Å²) in [7, 11) is 0. The summed E-state index contributed by atoms with van der Waals surface area (Å²) in [5, 5.41) is 7.84. The van der Waals surface area contributed by atoms with E-state index in [0.717, 1.165) is 0 Å². The maximum absolute atomic E-state index is 12.1. The molecule has 1 amide bonds. The summed E-state index contributed by atoms with van der Waals surface area (Å²) < 4.78 is -1.71. The van der Waals surface area contributed by atoms with Gasteiger partial charge in [-0.25, -0.2) is 4.98 Å². The zero-order chi connectivity index (χ0) is 14.6. The summed E-state index contributed by atoms with van der Waals surface area (Å²) in [4.78, 5) is 16.1. The van der Waals surface area contributed by atoms with Gasteiger partial charge in [0, 0.05) is 17.1 Å². The number of carbonyl (C=O) groups excluding carboxylic acids is 1. The summed E-state index contributed by atoms with van der Waals surface area (Å²) in [5.74, 6) is -0.342. The van der Waals surface area contributed by atoms with Crippen molar-refractivity contribution in [2.45, 2.75) is 9.96 Å². The second kappa shape index (κ2) is 6.63. The molecule has 0 fully saturated rings. The van der Waals surface area contributed by atoms with E-state index >= 15 is 0 Å². The molecule has 2 rings (SSSR count). The molecule has 1 heterocycles. The Balaban J connectivity index is 2.10. The van der Waals surface area contributed by atoms with Crippen molar-refractivity contribution in [1.82, 2.24) is 10.3 Å². The highest BCUT2D eigenvalue weighted by Crippen LogP contribution is 2.31. The van der Waals surface area contributed by atoms with E-state index < -0.39 is 9.96 Å². The van der Waals surface area contributed by atoms with Gasteiger partial charge >= 0.3 is 0 Å². The molecule has 1 aromatic carbocycles. The van der Waals surface area contributed by atoms with Crippen molar-refractivity contribution in [3.8, 4) is 0 Å². The molecule has 0 aliphatic carbocycles. The van der Waals surface area contributed by atoms with Gasteiger partial charge in [0.2, 0.25) is 3.79 Å². The molecule has 0 unspecified atom stereocenters. The van der Waals surface area contributed by atoms with Crippen LogP contribution < -0.4 is 10.6 Å². The monoisotopic (exact) mass is 349 g/mol. The van der Waals surface area contributed by atoms with Crippen LogP contribution in [0.1, 0.15) is 10.4 Å². The average molecular weight is 351 g/mol. The van der Waals surface area contributed by atoms with E-state index in [1.54, 1.807) is 35.8 Å². The minimum absolute atomic E-state index is 0.342. The molecule has 0 radical (unpaired) electrons. The molecule has 0 bridgehead atoms. The van der Waals surface area contributed by atoms with Gasteiger partial charge in [-0.2, -0.15) is 0 Å². The molecule has 8 heteroatoms. The van der Waals surface area contributed by atoms with E-state index in [1.807, 2.05) is 6.07 Å². The number of hydrogen-bond acceptors (Lipinski definition) is 4. The van der Waals surface area contributed by atoms with Gasteiger partial charge in [-0.1, -0.05) is 53.0 Å². The van der Waals surface area contributed by atoms with Crippen LogP contribution in [0.2, 0.25) is 0 Å². The Morgan fingerprint density at radius 2 is 1.95 bits per heavy atom. The Bertz CT molecular complexity index is 557. The Labute approximate surface area is 135 Å². The van der Waals surface area contributed by atoms with Crippen LogP contribution in [0, 0.1) is 0 Å². The zero-order valence-electron chi connectivity index (χ0n) is 10.0. The lowest BCUT2D eigenvalue weighted by Crippen LogP contribution is -2.49. The number of nitrogens with one attached hydrogen (secondary N) is 2. The van der Waals surface area contributed by atoms with Crippen LogP contribution in [0.15, 0.2) is 41.9 Å².